The Hall–Kier alpha value is -1.69. The van der Waals surface area contributed by atoms with Crippen LogP contribution in [0.4, 0.5) is 15.8 Å². The van der Waals surface area contributed by atoms with Crippen molar-refractivity contribution in [2.75, 3.05) is 37.6 Å². The second-order valence-electron chi connectivity index (χ2n) is 7.33. The van der Waals surface area contributed by atoms with Gasteiger partial charge >= 0.3 is 0 Å². The second kappa shape index (κ2) is 7.47. The lowest BCUT2D eigenvalue weighted by Gasteiger charge is -2.38. The number of benzene rings is 1. The molecule has 132 valence electrons. The zero-order chi connectivity index (χ0) is 17.1. The van der Waals surface area contributed by atoms with E-state index >= 15 is 0 Å². The molecule has 2 saturated heterocycles. The van der Waals surface area contributed by atoms with Gasteiger partial charge in [0.2, 0.25) is 0 Å². The third-order valence-corrected chi connectivity index (χ3v) is 5.39. The van der Waals surface area contributed by atoms with Crippen LogP contribution in [0.3, 0.4) is 0 Å². The van der Waals surface area contributed by atoms with E-state index in [1.807, 2.05) is 0 Å². The van der Waals surface area contributed by atoms with E-state index in [0.29, 0.717) is 11.6 Å². The Labute approximate surface area is 142 Å². The number of nitrogens with zero attached hydrogens (tertiary/aromatic N) is 3. The lowest BCUT2D eigenvalue weighted by molar-refractivity contribution is -0.384. The van der Waals surface area contributed by atoms with Crippen molar-refractivity contribution in [1.82, 2.24) is 4.90 Å². The van der Waals surface area contributed by atoms with Crippen molar-refractivity contribution in [2.24, 2.45) is 11.8 Å². The minimum absolute atomic E-state index is 0.123. The van der Waals surface area contributed by atoms with Gasteiger partial charge in [-0.15, -0.1) is 0 Å². The minimum atomic E-state index is -0.554. The van der Waals surface area contributed by atoms with Crippen LogP contribution in [0.25, 0.3) is 0 Å². The van der Waals surface area contributed by atoms with E-state index in [4.69, 9.17) is 0 Å². The zero-order valence-corrected chi connectivity index (χ0v) is 14.3. The predicted octanol–water partition coefficient (Wildman–Crippen LogP) is 3.68. The summed E-state index contributed by atoms with van der Waals surface area (Å²) in [5, 5.41) is 11.2. The molecule has 24 heavy (non-hydrogen) atoms. The maximum Gasteiger partial charge on any atom is 0.295 e. The van der Waals surface area contributed by atoms with E-state index in [9.17, 15) is 14.5 Å². The van der Waals surface area contributed by atoms with Crippen LogP contribution in [0.5, 0.6) is 0 Å². The van der Waals surface area contributed by atoms with Crippen molar-refractivity contribution >= 4 is 11.4 Å². The van der Waals surface area contributed by atoms with Crippen molar-refractivity contribution in [3.05, 3.63) is 34.1 Å². The highest BCUT2D eigenvalue weighted by atomic mass is 19.1. The van der Waals surface area contributed by atoms with Gasteiger partial charge in [0.25, 0.3) is 5.69 Å². The smallest absolute Gasteiger partial charge is 0.295 e. The summed E-state index contributed by atoms with van der Waals surface area (Å²) in [4.78, 5) is 15.4. The molecule has 0 saturated carbocycles. The third kappa shape index (κ3) is 4.04. The Morgan fingerprint density at radius 3 is 2.71 bits per heavy atom. The second-order valence-corrected chi connectivity index (χ2v) is 7.33. The van der Waals surface area contributed by atoms with Gasteiger partial charge in [-0.25, -0.2) is 4.39 Å². The van der Waals surface area contributed by atoms with Crippen molar-refractivity contribution in [2.45, 2.75) is 32.6 Å². The van der Waals surface area contributed by atoms with Crippen LogP contribution >= 0.6 is 0 Å². The van der Waals surface area contributed by atoms with E-state index in [1.54, 1.807) is 6.07 Å². The number of nitro benzene ring substituents is 1. The monoisotopic (exact) mass is 335 g/mol. The average molecular weight is 335 g/mol. The first-order valence-electron chi connectivity index (χ1n) is 8.94. The number of anilines is 1. The maximum absolute atomic E-state index is 13.4. The highest BCUT2D eigenvalue weighted by Gasteiger charge is 2.27. The Bertz CT molecular complexity index is 588. The van der Waals surface area contributed by atoms with Crippen LogP contribution in [-0.4, -0.2) is 42.5 Å². The molecule has 6 heteroatoms. The summed E-state index contributed by atoms with van der Waals surface area (Å²) in [7, 11) is 0. The van der Waals surface area contributed by atoms with Gasteiger partial charge in [-0.1, -0.05) is 6.92 Å². The number of rotatable bonds is 4. The standard InChI is InChI=1S/C18H26FN3O2/c1-14-6-9-20(10-7-14)12-15-3-2-8-21(13-15)17-5-4-16(19)11-18(17)22(23)24/h4-5,11,14-15H,2-3,6-10,12-13H2,1H3. The fraction of sp³-hybridized carbons (Fsp3) is 0.667. The Kier molecular flexibility index (Phi) is 5.33. The van der Waals surface area contributed by atoms with Crippen LogP contribution in [-0.2, 0) is 0 Å². The van der Waals surface area contributed by atoms with Crippen LogP contribution < -0.4 is 4.90 Å². The largest absolute Gasteiger partial charge is 0.366 e. The molecule has 0 N–H and O–H groups in total. The topological polar surface area (TPSA) is 49.6 Å². The van der Waals surface area contributed by atoms with E-state index in [-0.39, 0.29) is 5.69 Å². The quantitative estimate of drug-likeness (QED) is 0.622. The highest BCUT2D eigenvalue weighted by molar-refractivity contribution is 5.63. The zero-order valence-electron chi connectivity index (χ0n) is 14.3. The summed E-state index contributed by atoms with van der Waals surface area (Å²) in [5.74, 6) is 0.796. The molecule has 1 aromatic rings. The van der Waals surface area contributed by atoms with Gasteiger partial charge in [-0.3, -0.25) is 10.1 Å². The molecule has 2 aliphatic rings. The Morgan fingerprint density at radius 2 is 2.00 bits per heavy atom. The molecule has 2 aliphatic heterocycles. The molecule has 3 rings (SSSR count). The van der Waals surface area contributed by atoms with Gasteiger partial charge < -0.3 is 9.80 Å². The third-order valence-electron chi connectivity index (χ3n) is 5.39. The number of halogens is 1. The molecule has 1 atom stereocenters. The van der Waals surface area contributed by atoms with Crippen LogP contribution in [0.2, 0.25) is 0 Å². The Morgan fingerprint density at radius 1 is 1.25 bits per heavy atom. The molecular weight excluding hydrogens is 309 g/mol. The molecule has 2 fully saturated rings. The van der Waals surface area contributed by atoms with Gasteiger partial charge in [-0.05, 0) is 62.7 Å². The number of hydrogen-bond donors (Lipinski definition) is 0. The molecule has 0 aromatic heterocycles. The highest BCUT2D eigenvalue weighted by Crippen LogP contribution is 2.32. The molecule has 0 spiro atoms. The van der Waals surface area contributed by atoms with Gasteiger partial charge in [-0.2, -0.15) is 0 Å². The number of piperidine rings is 2. The van der Waals surface area contributed by atoms with E-state index in [1.165, 1.54) is 18.9 Å². The summed E-state index contributed by atoms with van der Waals surface area (Å²) in [6.07, 6.45) is 4.72. The minimum Gasteiger partial charge on any atom is -0.366 e. The van der Waals surface area contributed by atoms with Crippen LogP contribution in [0.15, 0.2) is 18.2 Å². The van der Waals surface area contributed by atoms with Crippen molar-refractivity contribution < 1.29 is 9.31 Å². The normalized spacial score (nSPS) is 23.4. The van der Waals surface area contributed by atoms with Crippen molar-refractivity contribution in [3.63, 3.8) is 0 Å². The number of hydrogen-bond acceptors (Lipinski definition) is 4. The first-order valence-corrected chi connectivity index (χ1v) is 8.94. The summed E-state index contributed by atoms with van der Waals surface area (Å²) in [6.45, 7) is 7.33. The maximum atomic E-state index is 13.4. The Balaban J connectivity index is 1.66. The molecule has 0 amide bonds. The lowest BCUT2D eigenvalue weighted by atomic mass is 9.94. The number of likely N-dealkylation sites (tertiary alicyclic amines) is 1. The lowest BCUT2D eigenvalue weighted by Crippen LogP contribution is -2.43. The fourth-order valence-corrected chi connectivity index (χ4v) is 3.95. The van der Waals surface area contributed by atoms with E-state index in [0.717, 1.165) is 57.5 Å². The SMILES string of the molecule is CC1CCN(CC2CCCN(c3ccc(F)cc3[N+](=O)[O-])C2)CC1. The molecule has 1 unspecified atom stereocenters. The summed E-state index contributed by atoms with van der Waals surface area (Å²) >= 11 is 0. The molecule has 5 nitrogen and oxygen atoms in total. The fourth-order valence-electron chi connectivity index (χ4n) is 3.95. The summed E-state index contributed by atoms with van der Waals surface area (Å²) in [6, 6.07) is 3.90. The summed E-state index contributed by atoms with van der Waals surface area (Å²) in [5.41, 5.74) is 0.431. The molecule has 0 bridgehead atoms. The molecule has 0 radical (unpaired) electrons. The molecular formula is C18H26FN3O2. The number of nitro groups is 1. The summed E-state index contributed by atoms with van der Waals surface area (Å²) < 4.78 is 13.4. The van der Waals surface area contributed by atoms with Gasteiger partial charge in [0.15, 0.2) is 0 Å². The van der Waals surface area contributed by atoms with E-state index in [2.05, 4.69) is 16.7 Å². The first-order chi connectivity index (χ1) is 11.5. The molecule has 0 aliphatic carbocycles. The molecule has 2 heterocycles. The first kappa shape index (κ1) is 17.1. The van der Waals surface area contributed by atoms with Gasteiger partial charge in [0, 0.05) is 19.6 Å². The predicted molar refractivity (Wildman–Crippen MR) is 92.8 cm³/mol. The molecule has 1 aromatic carbocycles. The van der Waals surface area contributed by atoms with E-state index < -0.39 is 10.7 Å². The van der Waals surface area contributed by atoms with Crippen LogP contribution in [0.1, 0.15) is 32.6 Å². The van der Waals surface area contributed by atoms with Gasteiger partial charge in [0.1, 0.15) is 11.5 Å². The average Bonchev–Trinajstić information content (AvgIpc) is 2.57. The van der Waals surface area contributed by atoms with Gasteiger partial charge in [0.05, 0.1) is 11.0 Å². The van der Waals surface area contributed by atoms with Crippen molar-refractivity contribution in [3.8, 4) is 0 Å². The van der Waals surface area contributed by atoms with Crippen molar-refractivity contribution in [1.29, 1.82) is 0 Å². The van der Waals surface area contributed by atoms with Crippen LogP contribution in [0, 0.1) is 27.8 Å².